The van der Waals surface area contributed by atoms with Gasteiger partial charge in [0.1, 0.15) is 5.78 Å². The van der Waals surface area contributed by atoms with E-state index in [9.17, 15) is 14.0 Å². The highest BCUT2D eigenvalue weighted by molar-refractivity contribution is 6.06. The molecular weight excluding hydrogens is 159 g/mol. The van der Waals surface area contributed by atoms with E-state index in [2.05, 4.69) is 0 Å². The number of ketones is 2. The fraction of sp³-hybridized carbons (Fsp3) is 0.778. The normalized spacial score (nSPS) is 40.8. The number of hydrogen-bond donors (Lipinski definition) is 0. The Balaban J connectivity index is 2.12. The van der Waals surface area contributed by atoms with Crippen molar-refractivity contribution in [3.05, 3.63) is 0 Å². The molecule has 0 N–H and O–H groups in total. The quantitative estimate of drug-likeness (QED) is 0.582. The number of rotatable bonds is 2. The van der Waals surface area contributed by atoms with Gasteiger partial charge in [-0.05, 0) is 25.2 Å². The van der Waals surface area contributed by atoms with Gasteiger partial charge < -0.3 is 0 Å². The minimum atomic E-state index is -1.47. The smallest absolute Gasteiger partial charge is 0.177 e. The Morgan fingerprint density at radius 3 is 2.75 bits per heavy atom. The van der Waals surface area contributed by atoms with Crippen LogP contribution < -0.4 is 0 Å². The van der Waals surface area contributed by atoms with Crippen molar-refractivity contribution in [3.63, 3.8) is 0 Å². The van der Waals surface area contributed by atoms with Crippen molar-refractivity contribution < 1.29 is 14.0 Å². The first kappa shape index (κ1) is 7.90. The molecule has 66 valence electrons. The van der Waals surface area contributed by atoms with E-state index in [1.54, 1.807) is 0 Å². The van der Waals surface area contributed by atoms with Crippen LogP contribution in [-0.4, -0.2) is 17.7 Å². The lowest BCUT2D eigenvalue weighted by molar-refractivity contribution is -0.134. The minimum absolute atomic E-state index is 0.0363. The van der Waals surface area contributed by atoms with E-state index in [1.165, 1.54) is 6.92 Å². The Kier molecular flexibility index (Phi) is 1.56. The molecule has 0 amide bonds. The Labute approximate surface area is 70.1 Å². The predicted octanol–water partition coefficient (Wildman–Crippen LogP) is 1.14. The predicted molar refractivity (Wildman–Crippen MR) is 40.3 cm³/mol. The zero-order valence-corrected chi connectivity index (χ0v) is 6.92. The molecule has 0 radical (unpaired) electrons. The van der Waals surface area contributed by atoms with Crippen LogP contribution in [0.4, 0.5) is 4.39 Å². The minimum Gasteiger partial charge on any atom is -0.299 e. The molecule has 0 aromatic rings. The molecule has 12 heavy (non-hydrogen) atoms. The SMILES string of the molecule is CC(F)C(=O)C1C(=O)CC2CC21. The molecule has 2 fully saturated rings. The van der Waals surface area contributed by atoms with E-state index >= 15 is 0 Å². The topological polar surface area (TPSA) is 34.1 Å². The van der Waals surface area contributed by atoms with Gasteiger partial charge in [0, 0.05) is 6.42 Å². The zero-order chi connectivity index (χ0) is 8.88. The summed E-state index contributed by atoms with van der Waals surface area (Å²) < 4.78 is 12.6. The molecule has 2 aliphatic rings. The third kappa shape index (κ3) is 0.993. The van der Waals surface area contributed by atoms with Gasteiger partial charge in [0.05, 0.1) is 5.92 Å². The summed E-state index contributed by atoms with van der Waals surface area (Å²) in [6.07, 6.45) is -0.0128. The molecule has 2 rings (SSSR count). The molecule has 4 atom stereocenters. The Hall–Kier alpha value is -0.730. The highest BCUT2D eigenvalue weighted by Gasteiger charge is 2.56. The average Bonchev–Trinajstić information content (AvgIpc) is 2.62. The van der Waals surface area contributed by atoms with Gasteiger partial charge in [-0.3, -0.25) is 9.59 Å². The number of fused-ring (bicyclic) bond motifs is 1. The monoisotopic (exact) mass is 170 g/mol. The first-order valence-corrected chi connectivity index (χ1v) is 4.31. The maximum absolute atomic E-state index is 12.6. The van der Waals surface area contributed by atoms with Gasteiger partial charge in [0.15, 0.2) is 12.0 Å². The molecule has 0 heterocycles. The second-order valence-electron chi connectivity index (χ2n) is 3.83. The molecule has 2 aliphatic carbocycles. The largest absolute Gasteiger partial charge is 0.299 e. The number of carbonyl (C=O) groups is 2. The molecule has 4 unspecified atom stereocenters. The summed E-state index contributed by atoms with van der Waals surface area (Å²) in [7, 11) is 0. The van der Waals surface area contributed by atoms with Crippen molar-refractivity contribution in [2.75, 3.05) is 0 Å². The Bertz CT molecular complexity index is 247. The van der Waals surface area contributed by atoms with E-state index in [-0.39, 0.29) is 11.7 Å². The molecule has 0 bridgehead atoms. The van der Waals surface area contributed by atoms with E-state index < -0.39 is 17.9 Å². The summed E-state index contributed by atoms with van der Waals surface area (Å²) in [6, 6.07) is 0. The summed E-state index contributed by atoms with van der Waals surface area (Å²) in [5.74, 6) is -0.515. The van der Waals surface area contributed by atoms with E-state index in [0.29, 0.717) is 12.3 Å². The molecule has 0 aromatic heterocycles. The molecule has 0 spiro atoms. The molecule has 0 aliphatic heterocycles. The molecule has 0 saturated heterocycles. The Morgan fingerprint density at radius 1 is 1.67 bits per heavy atom. The van der Waals surface area contributed by atoms with Gasteiger partial charge in [-0.1, -0.05) is 0 Å². The van der Waals surface area contributed by atoms with Crippen LogP contribution in [0.5, 0.6) is 0 Å². The van der Waals surface area contributed by atoms with E-state index in [1.807, 2.05) is 0 Å². The lowest BCUT2D eigenvalue weighted by Crippen LogP contribution is -2.28. The lowest BCUT2D eigenvalue weighted by atomic mass is 9.95. The fourth-order valence-electron chi connectivity index (χ4n) is 2.16. The maximum atomic E-state index is 12.6. The van der Waals surface area contributed by atoms with Gasteiger partial charge in [0.25, 0.3) is 0 Å². The summed E-state index contributed by atoms with van der Waals surface area (Å²) in [5.41, 5.74) is 0. The number of carbonyl (C=O) groups excluding carboxylic acids is 2. The highest BCUT2D eigenvalue weighted by atomic mass is 19.1. The maximum Gasteiger partial charge on any atom is 0.177 e. The summed E-state index contributed by atoms with van der Waals surface area (Å²) in [5, 5.41) is 0. The number of alkyl halides is 1. The van der Waals surface area contributed by atoms with E-state index in [4.69, 9.17) is 0 Å². The standard InChI is InChI=1S/C9H11FO2/c1-4(10)9(12)8-6-2-5(6)3-7(8)11/h4-6,8H,2-3H2,1H3. The second kappa shape index (κ2) is 2.38. The third-order valence-corrected chi connectivity index (χ3v) is 2.91. The molecule has 2 saturated carbocycles. The van der Waals surface area contributed by atoms with Crippen LogP contribution in [0.1, 0.15) is 19.8 Å². The second-order valence-corrected chi connectivity index (χ2v) is 3.83. The van der Waals surface area contributed by atoms with Crippen molar-refractivity contribution in [1.82, 2.24) is 0 Å². The van der Waals surface area contributed by atoms with Gasteiger partial charge in [-0.15, -0.1) is 0 Å². The average molecular weight is 170 g/mol. The van der Waals surface area contributed by atoms with E-state index in [0.717, 1.165) is 6.42 Å². The van der Waals surface area contributed by atoms with Gasteiger partial charge >= 0.3 is 0 Å². The summed E-state index contributed by atoms with van der Waals surface area (Å²) in [4.78, 5) is 22.4. The van der Waals surface area contributed by atoms with Gasteiger partial charge in [-0.25, -0.2) is 4.39 Å². The van der Waals surface area contributed by atoms with Crippen molar-refractivity contribution in [3.8, 4) is 0 Å². The van der Waals surface area contributed by atoms with Crippen LogP contribution in [0.3, 0.4) is 0 Å². The van der Waals surface area contributed by atoms with Crippen LogP contribution in [0.25, 0.3) is 0 Å². The first-order chi connectivity index (χ1) is 5.61. The van der Waals surface area contributed by atoms with Crippen LogP contribution in [0.2, 0.25) is 0 Å². The molecule has 0 aromatic carbocycles. The zero-order valence-electron chi connectivity index (χ0n) is 6.92. The van der Waals surface area contributed by atoms with Gasteiger partial charge in [-0.2, -0.15) is 0 Å². The lowest BCUT2D eigenvalue weighted by Gasteiger charge is -2.09. The molecular formula is C9H11FO2. The highest BCUT2D eigenvalue weighted by Crippen LogP contribution is 2.54. The third-order valence-electron chi connectivity index (χ3n) is 2.91. The van der Waals surface area contributed by atoms with Crippen molar-refractivity contribution in [1.29, 1.82) is 0 Å². The van der Waals surface area contributed by atoms with Crippen molar-refractivity contribution in [2.24, 2.45) is 17.8 Å². The number of Topliss-reactive ketones (excluding diaryl/α,β-unsaturated/α-hetero) is 2. The summed E-state index contributed by atoms with van der Waals surface area (Å²) >= 11 is 0. The first-order valence-electron chi connectivity index (χ1n) is 4.31. The number of hydrogen-bond acceptors (Lipinski definition) is 2. The van der Waals surface area contributed by atoms with Crippen LogP contribution in [0, 0.1) is 17.8 Å². The van der Waals surface area contributed by atoms with Crippen LogP contribution >= 0.6 is 0 Å². The molecule has 2 nitrogen and oxygen atoms in total. The molecule has 3 heteroatoms. The number of halogens is 1. The van der Waals surface area contributed by atoms with Crippen LogP contribution in [0.15, 0.2) is 0 Å². The van der Waals surface area contributed by atoms with Crippen LogP contribution in [-0.2, 0) is 9.59 Å². The Morgan fingerprint density at radius 2 is 2.33 bits per heavy atom. The summed E-state index contributed by atoms with van der Waals surface area (Å²) in [6.45, 7) is 1.21. The van der Waals surface area contributed by atoms with Gasteiger partial charge in [0.2, 0.25) is 0 Å². The van der Waals surface area contributed by atoms with Crippen molar-refractivity contribution >= 4 is 11.6 Å². The fourth-order valence-corrected chi connectivity index (χ4v) is 2.16. The van der Waals surface area contributed by atoms with Crippen molar-refractivity contribution in [2.45, 2.75) is 25.9 Å².